The lowest BCUT2D eigenvalue weighted by atomic mass is 10.2. The van der Waals surface area contributed by atoms with E-state index in [1.54, 1.807) is 30.3 Å². The van der Waals surface area contributed by atoms with E-state index in [4.69, 9.17) is 11.5 Å². The van der Waals surface area contributed by atoms with E-state index in [1.807, 2.05) is 6.92 Å². The number of nitrogens with zero attached hydrogens (tertiary/aromatic N) is 3. The Morgan fingerprint density at radius 3 is 2.58 bits per heavy atom. The van der Waals surface area contributed by atoms with Gasteiger partial charge in [-0.15, -0.1) is 0 Å². The third kappa shape index (κ3) is 4.25. The highest BCUT2D eigenvalue weighted by Crippen LogP contribution is 2.17. The van der Waals surface area contributed by atoms with Gasteiger partial charge in [0, 0.05) is 11.3 Å². The van der Waals surface area contributed by atoms with Crippen LogP contribution in [0.15, 0.2) is 36.7 Å². The van der Waals surface area contributed by atoms with Crippen LogP contribution in [0.2, 0.25) is 0 Å². The predicted octanol–water partition coefficient (Wildman–Crippen LogP) is 2.45. The standard InChI is InChI=1S/C17H15N7OS/c1-10-7-14(26-24-10)23-17(25)22-12-4-2-3-11(8-12)5-6-13-15(18)20-9-21-16(13)19/h2-4,7-9H,1H3,(H2,22,23,25)(H4,18,19,20,21). The molecule has 130 valence electrons. The van der Waals surface area contributed by atoms with Crippen molar-refractivity contribution in [3.8, 4) is 11.8 Å². The van der Waals surface area contributed by atoms with Crippen LogP contribution in [-0.4, -0.2) is 20.4 Å². The van der Waals surface area contributed by atoms with Crippen molar-refractivity contribution < 1.29 is 4.79 Å². The van der Waals surface area contributed by atoms with E-state index in [1.165, 1.54) is 17.9 Å². The molecule has 0 atom stereocenters. The molecule has 0 saturated carbocycles. The molecule has 0 aliphatic heterocycles. The minimum Gasteiger partial charge on any atom is -0.382 e. The zero-order valence-corrected chi connectivity index (χ0v) is 14.6. The number of amides is 2. The molecule has 0 fully saturated rings. The lowest BCUT2D eigenvalue weighted by Gasteiger charge is -2.06. The minimum absolute atomic E-state index is 0.221. The molecule has 0 spiro atoms. The highest BCUT2D eigenvalue weighted by Gasteiger charge is 2.06. The molecule has 2 heterocycles. The van der Waals surface area contributed by atoms with Crippen molar-refractivity contribution in [2.45, 2.75) is 6.92 Å². The van der Waals surface area contributed by atoms with Crippen LogP contribution in [-0.2, 0) is 0 Å². The van der Waals surface area contributed by atoms with Crippen LogP contribution in [0, 0.1) is 18.8 Å². The molecule has 0 radical (unpaired) electrons. The molecule has 3 aromatic rings. The maximum atomic E-state index is 12.0. The maximum Gasteiger partial charge on any atom is 0.324 e. The van der Waals surface area contributed by atoms with Crippen molar-refractivity contribution in [3.63, 3.8) is 0 Å². The molecule has 6 N–H and O–H groups in total. The summed E-state index contributed by atoms with van der Waals surface area (Å²) in [6, 6.07) is 8.52. The molecule has 9 heteroatoms. The van der Waals surface area contributed by atoms with Gasteiger partial charge in [-0.3, -0.25) is 5.32 Å². The quantitative estimate of drug-likeness (QED) is 0.516. The van der Waals surface area contributed by atoms with Crippen molar-refractivity contribution >= 4 is 39.9 Å². The summed E-state index contributed by atoms with van der Waals surface area (Å²) in [6.45, 7) is 1.86. The number of hydrogen-bond donors (Lipinski definition) is 4. The van der Waals surface area contributed by atoms with Crippen molar-refractivity contribution in [3.05, 3.63) is 53.5 Å². The molecule has 26 heavy (non-hydrogen) atoms. The first-order chi connectivity index (χ1) is 12.5. The normalized spacial score (nSPS) is 9.88. The van der Waals surface area contributed by atoms with Crippen LogP contribution < -0.4 is 22.1 Å². The van der Waals surface area contributed by atoms with Crippen molar-refractivity contribution in [2.75, 3.05) is 22.1 Å². The van der Waals surface area contributed by atoms with E-state index >= 15 is 0 Å². The second-order valence-electron chi connectivity index (χ2n) is 5.26. The van der Waals surface area contributed by atoms with Crippen LogP contribution in [0.5, 0.6) is 0 Å². The smallest absolute Gasteiger partial charge is 0.324 e. The number of hydrogen-bond acceptors (Lipinski definition) is 7. The predicted molar refractivity (Wildman–Crippen MR) is 103 cm³/mol. The number of anilines is 4. The Kier molecular flexibility index (Phi) is 4.96. The van der Waals surface area contributed by atoms with Gasteiger partial charge in [0.15, 0.2) is 0 Å². The number of carbonyl (C=O) groups is 1. The molecule has 2 amide bonds. The van der Waals surface area contributed by atoms with Gasteiger partial charge in [0.2, 0.25) is 0 Å². The van der Waals surface area contributed by atoms with E-state index in [0.717, 1.165) is 5.69 Å². The lowest BCUT2D eigenvalue weighted by Crippen LogP contribution is -2.18. The molecule has 1 aromatic carbocycles. The van der Waals surface area contributed by atoms with Gasteiger partial charge in [-0.2, -0.15) is 4.37 Å². The monoisotopic (exact) mass is 365 g/mol. The highest BCUT2D eigenvalue weighted by molar-refractivity contribution is 7.10. The van der Waals surface area contributed by atoms with Crippen molar-refractivity contribution in [1.29, 1.82) is 0 Å². The number of carbonyl (C=O) groups excluding carboxylic acids is 1. The Morgan fingerprint density at radius 1 is 1.12 bits per heavy atom. The van der Waals surface area contributed by atoms with Gasteiger partial charge >= 0.3 is 6.03 Å². The van der Waals surface area contributed by atoms with Gasteiger partial charge in [0.1, 0.15) is 28.5 Å². The Balaban J connectivity index is 1.73. The molecule has 3 rings (SSSR count). The summed E-state index contributed by atoms with van der Waals surface area (Å²) >= 11 is 1.22. The third-order valence-electron chi connectivity index (χ3n) is 3.22. The number of urea groups is 1. The van der Waals surface area contributed by atoms with E-state index in [0.29, 0.717) is 21.8 Å². The van der Waals surface area contributed by atoms with E-state index < -0.39 is 0 Å². The Hall–Kier alpha value is -3.64. The zero-order chi connectivity index (χ0) is 18.5. The second kappa shape index (κ2) is 7.50. The topological polar surface area (TPSA) is 132 Å². The average molecular weight is 365 g/mol. The number of nitrogens with one attached hydrogen (secondary N) is 2. The summed E-state index contributed by atoms with van der Waals surface area (Å²) < 4.78 is 4.11. The number of benzene rings is 1. The van der Waals surface area contributed by atoms with Crippen LogP contribution in [0.3, 0.4) is 0 Å². The molecular weight excluding hydrogens is 350 g/mol. The molecule has 0 aliphatic carbocycles. The third-order valence-corrected chi connectivity index (χ3v) is 4.02. The van der Waals surface area contributed by atoms with Gasteiger partial charge in [-0.05, 0) is 42.7 Å². The highest BCUT2D eigenvalue weighted by atomic mass is 32.1. The van der Waals surface area contributed by atoms with Gasteiger partial charge in [0.05, 0.1) is 5.69 Å². The largest absolute Gasteiger partial charge is 0.382 e. The Labute approximate surface area is 153 Å². The molecule has 0 unspecified atom stereocenters. The summed E-state index contributed by atoms with van der Waals surface area (Å²) in [5, 5.41) is 6.14. The summed E-state index contributed by atoms with van der Waals surface area (Å²) in [7, 11) is 0. The van der Waals surface area contributed by atoms with Gasteiger partial charge in [-0.1, -0.05) is 17.9 Å². The van der Waals surface area contributed by atoms with Gasteiger partial charge < -0.3 is 16.8 Å². The average Bonchev–Trinajstić information content (AvgIpc) is 2.99. The number of rotatable bonds is 2. The molecule has 0 bridgehead atoms. The molecule has 2 aromatic heterocycles. The van der Waals surface area contributed by atoms with Crippen LogP contribution in [0.1, 0.15) is 16.8 Å². The fourth-order valence-corrected chi connectivity index (χ4v) is 2.70. The summed E-state index contributed by atoms with van der Waals surface area (Å²) in [5.74, 6) is 6.24. The second-order valence-corrected chi connectivity index (χ2v) is 6.07. The lowest BCUT2D eigenvalue weighted by molar-refractivity contribution is 0.262. The summed E-state index contributed by atoms with van der Waals surface area (Å²) in [6.07, 6.45) is 1.28. The van der Waals surface area contributed by atoms with E-state index in [2.05, 4.69) is 36.8 Å². The van der Waals surface area contributed by atoms with E-state index in [9.17, 15) is 4.79 Å². The molecule has 8 nitrogen and oxygen atoms in total. The summed E-state index contributed by atoms with van der Waals surface area (Å²) in [5.41, 5.74) is 14.0. The van der Waals surface area contributed by atoms with Crippen molar-refractivity contribution in [1.82, 2.24) is 14.3 Å². The number of aryl methyl sites for hydroxylation is 1. The number of nitrogen functional groups attached to an aromatic ring is 2. The molecule has 0 saturated heterocycles. The first kappa shape index (κ1) is 17.2. The maximum absolute atomic E-state index is 12.0. The van der Waals surface area contributed by atoms with Crippen LogP contribution in [0.25, 0.3) is 0 Å². The Morgan fingerprint density at radius 2 is 1.88 bits per heavy atom. The molecule has 0 aliphatic rings. The fourth-order valence-electron chi connectivity index (χ4n) is 2.05. The zero-order valence-electron chi connectivity index (χ0n) is 13.8. The fraction of sp³-hybridized carbons (Fsp3) is 0.0588. The van der Waals surface area contributed by atoms with E-state index in [-0.39, 0.29) is 17.7 Å². The van der Waals surface area contributed by atoms with Crippen LogP contribution in [0.4, 0.5) is 27.1 Å². The van der Waals surface area contributed by atoms with Gasteiger partial charge in [0.25, 0.3) is 0 Å². The number of aromatic nitrogens is 3. The van der Waals surface area contributed by atoms with Gasteiger partial charge in [-0.25, -0.2) is 14.8 Å². The first-order valence-electron chi connectivity index (χ1n) is 7.50. The summed E-state index contributed by atoms with van der Waals surface area (Å²) in [4.78, 5) is 19.8. The number of nitrogens with two attached hydrogens (primary N) is 2. The van der Waals surface area contributed by atoms with Crippen molar-refractivity contribution in [2.24, 2.45) is 0 Å². The SMILES string of the molecule is Cc1cc(NC(=O)Nc2cccc(C#Cc3c(N)ncnc3N)c2)sn1. The van der Waals surface area contributed by atoms with Crippen LogP contribution >= 0.6 is 11.5 Å². The molecular formula is C17H15N7OS. The minimum atomic E-state index is -0.358. The first-order valence-corrected chi connectivity index (χ1v) is 8.28. The Bertz CT molecular complexity index is 999.